The van der Waals surface area contributed by atoms with E-state index in [9.17, 15) is 14.9 Å². The monoisotopic (exact) mass is 265 g/mol. The molecule has 0 bridgehead atoms. The summed E-state index contributed by atoms with van der Waals surface area (Å²) in [5.74, 6) is 0.585. The minimum Gasteiger partial charge on any atom is -0.325 e. The minimum absolute atomic E-state index is 0.0649. The quantitative estimate of drug-likeness (QED) is 0.483. The van der Waals surface area contributed by atoms with Crippen LogP contribution < -0.4 is 5.32 Å². The summed E-state index contributed by atoms with van der Waals surface area (Å²) in [5.41, 5.74) is 0.333. The highest BCUT2D eigenvalue weighted by Gasteiger charge is 2.07. The van der Waals surface area contributed by atoms with Crippen LogP contribution in [-0.4, -0.2) is 22.3 Å². The maximum absolute atomic E-state index is 11.5. The van der Waals surface area contributed by atoms with Crippen molar-refractivity contribution in [3.63, 3.8) is 0 Å². The van der Waals surface area contributed by atoms with Crippen molar-refractivity contribution >= 4 is 29.0 Å². The number of carbonyl (C=O) groups is 1. The molecular weight excluding hydrogens is 254 g/mol. The second-order valence-corrected chi connectivity index (χ2v) is 4.42. The molecule has 0 fully saturated rings. The Hall–Kier alpha value is -2.07. The van der Waals surface area contributed by atoms with Gasteiger partial charge in [-0.1, -0.05) is 6.07 Å². The van der Waals surface area contributed by atoms with E-state index in [4.69, 9.17) is 5.26 Å². The number of amides is 1. The van der Waals surface area contributed by atoms with Gasteiger partial charge in [0.1, 0.15) is 0 Å². The van der Waals surface area contributed by atoms with Gasteiger partial charge in [0, 0.05) is 30.0 Å². The van der Waals surface area contributed by atoms with Crippen LogP contribution >= 0.6 is 11.8 Å². The molecule has 1 rings (SSSR count). The fourth-order valence-corrected chi connectivity index (χ4v) is 1.81. The highest BCUT2D eigenvalue weighted by atomic mass is 32.2. The molecule has 0 aliphatic rings. The summed E-state index contributed by atoms with van der Waals surface area (Å²) in [6, 6.07) is 7.74. The number of hydrogen-bond donors (Lipinski definition) is 1. The molecule has 18 heavy (non-hydrogen) atoms. The van der Waals surface area contributed by atoms with Gasteiger partial charge >= 0.3 is 0 Å². The fourth-order valence-electron chi connectivity index (χ4n) is 1.18. The van der Waals surface area contributed by atoms with Gasteiger partial charge in [-0.25, -0.2) is 0 Å². The number of anilines is 1. The Morgan fingerprint density at radius 2 is 2.33 bits per heavy atom. The largest absolute Gasteiger partial charge is 0.325 e. The summed E-state index contributed by atoms with van der Waals surface area (Å²) in [4.78, 5) is 21.5. The van der Waals surface area contributed by atoms with E-state index in [1.807, 2.05) is 6.07 Å². The predicted molar refractivity (Wildman–Crippen MR) is 69.3 cm³/mol. The van der Waals surface area contributed by atoms with Crippen LogP contribution in [0.15, 0.2) is 24.3 Å². The third-order valence-electron chi connectivity index (χ3n) is 1.93. The van der Waals surface area contributed by atoms with Crippen molar-refractivity contribution in [2.75, 3.05) is 16.8 Å². The first-order valence-electron chi connectivity index (χ1n) is 5.12. The van der Waals surface area contributed by atoms with E-state index >= 15 is 0 Å². The molecule has 6 nitrogen and oxygen atoms in total. The van der Waals surface area contributed by atoms with Crippen molar-refractivity contribution in [2.24, 2.45) is 0 Å². The number of nitrogens with one attached hydrogen (secondary N) is 1. The Morgan fingerprint density at radius 3 is 3.00 bits per heavy atom. The number of rotatable bonds is 6. The molecule has 0 heterocycles. The molecule has 0 unspecified atom stereocenters. The summed E-state index contributed by atoms with van der Waals surface area (Å²) in [6.45, 7) is 0. The lowest BCUT2D eigenvalue weighted by Gasteiger charge is -2.04. The molecule has 1 N–H and O–H groups in total. The third-order valence-corrected chi connectivity index (χ3v) is 2.89. The molecule has 0 saturated carbocycles. The molecule has 0 radical (unpaired) electrons. The Balaban J connectivity index is 2.47. The highest BCUT2D eigenvalue weighted by molar-refractivity contribution is 7.99. The normalized spacial score (nSPS) is 9.50. The first-order chi connectivity index (χ1) is 8.63. The van der Waals surface area contributed by atoms with Crippen LogP contribution in [0.3, 0.4) is 0 Å². The zero-order chi connectivity index (χ0) is 13.4. The van der Waals surface area contributed by atoms with Gasteiger partial charge in [-0.3, -0.25) is 14.9 Å². The van der Waals surface area contributed by atoms with Gasteiger partial charge in [0.15, 0.2) is 0 Å². The van der Waals surface area contributed by atoms with Gasteiger partial charge in [0.2, 0.25) is 5.91 Å². The molecule has 0 aliphatic carbocycles. The molecule has 1 amide bonds. The van der Waals surface area contributed by atoms with Gasteiger partial charge in [0.05, 0.1) is 16.7 Å². The SMILES string of the molecule is N#CCCSCC(=O)Nc1cccc([N+](=O)[O-])c1. The first-order valence-corrected chi connectivity index (χ1v) is 6.28. The molecule has 1 aromatic rings. The lowest BCUT2D eigenvalue weighted by molar-refractivity contribution is -0.384. The standard InChI is InChI=1S/C11H11N3O3S/c12-5-2-6-18-8-11(15)13-9-3-1-4-10(7-9)14(16)17/h1,3-4,7H,2,6,8H2,(H,13,15). The molecule has 0 aliphatic heterocycles. The van der Waals surface area contributed by atoms with E-state index in [2.05, 4.69) is 5.32 Å². The number of nitriles is 1. The van der Waals surface area contributed by atoms with Crippen LogP contribution in [0.4, 0.5) is 11.4 Å². The second kappa shape index (κ2) is 7.29. The van der Waals surface area contributed by atoms with Crippen molar-refractivity contribution < 1.29 is 9.72 Å². The average molecular weight is 265 g/mol. The van der Waals surface area contributed by atoms with Gasteiger partial charge in [-0.2, -0.15) is 17.0 Å². The van der Waals surface area contributed by atoms with Gasteiger partial charge in [0.25, 0.3) is 5.69 Å². The number of hydrogen-bond acceptors (Lipinski definition) is 5. The second-order valence-electron chi connectivity index (χ2n) is 3.32. The number of carbonyl (C=O) groups excluding carboxylic acids is 1. The topological polar surface area (TPSA) is 96.0 Å². The van der Waals surface area contributed by atoms with E-state index < -0.39 is 4.92 Å². The Bertz CT molecular complexity index is 485. The number of nitro benzene ring substituents is 1. The molecular formula is C11H11N3O3S. The summed E-state index contributed by atoms with van der Waals surface area (Å²) in [6.07, 6.45) is 0.398. The van der Waals surface area contributed by atoms with Crippen molar-refractivity contribution in [3.8, 4) is 6.07 Å². The van der Waals surface area contributed by atoms with E-state index in [1.165, 1.54) is 30.0 Å². The van der Waals surface area contributed by atoms with Gasteiger partial charge in [-0.15, -0.1) is 0 Å². The maximum Gasteiger partial charge on any atom is 0.271 e. The molecule has 94 valence electrons. The van der Waals surface area contributed by atoms with E-state index in [0.29, 0.717) is 17.9 Å². The van der Waals surface area contributed by atoms with Crippen molar-refractivity contribution in [1.82, 2.24) is 0 Å². The van der Waals surface area contributed by atoms with Crippen molar-refractivity contribution in [2.45, 2.75) is 6.42 Å². The van der Waals surface area contributed by atoms with Crippen LogP contribution in [0.1, 0.15) is 6.42 Å². The van der Waals surface area contributed by atoms with Crippen LogP contribution in [0.25, 0.3) is 0 Å². The number of benzene rings is 1. The summed E-state index contributed by atoms with van der Waals surface area (Å²) < 4.78 is 0. The summed E-state index contributed by atoms with van der Waals surface area (Å²) >= 11 is 1.35. The molecule has 1 aromatic carbocycles. The maximum atomic E-state index is 11.5. The lowest BCUT2D eigenvalue weighted by atomic mass is 10.3. The first kappa shape index (κ1) is 14.0. The third kappa shape index (κ3) is 4.84. The zero-order valence-electron chi connectivity index (χ0n) is 9.46. The van der Waals surface area contributed by atoms with Crippen LogP contribution in [-0.2, 0) is 4.79 Å². The van der Waals surface area contributed by atoms with Crippen LogP contribution in [0.2, 0.25) is 0 Å². The Labute approximate surface area is 108 Å². The summed E-state index contributed by atoms with van der Waals surface area (Å²) in [7, 11) is 0. The van der Waals surface area contributed by atoms with Gasteiger partial charge < -0.3 is 5.32 Å². The van der Waals surface area contributed by atoms with E-state index in [1.54, 1.807) is 6.07 Å². The van der Waals surface area contributed by atoms with Gasteiger partial charge in [-0.05, 0) is 6.07 Å². The smallest absolute Gasteiger partial charge is 0.271 e. The molecule has 0 atom stereocenters. The molecule has 0 saturated heterocycles. The number of nitrogens with zero attached hydrogens (tertiary/aromatic N) is 2. The number of non-ortho nitro benzene ring substituents is 1. The Morgan fingerprint density at radius 1 is 1.56 bits per heavy atom. The number of nitro groups is 1. The van der Waals surface area contributed by atoms with Crippen LogP contribution in [0, 0.1) is 21.4 Å². The fraction of sp³-hybridized carbons (Fsp3) is 0.273. The molecule has 0 aromatic heterocycles. The van der Waals surface area contributed by atoms with E-state index in [-0.39, 0.29) is 17.3 Å². The van der Waals surface area contributed by atoms with Crippen molar-refractivity contribution in [3.05, 3.63) is 34.4 Å². The zero-order valence-corrected chi connectivity index (χ0v) is 10.3. The summed E-state index contributed by atoms with van der Waals surface area (Å²) in [5, 5.41) is 21.4. The lowest BCUT2D eigenvalue weighted by Crippen LogP contribution is -2.14. The Kier molecular flexibility index (Phi) is 5.67. The van der Waals surface area contributed by atoms with Crippen LogP contribution in [0.5, 0.6) is 0 Å². The minimum atomic E-state index is -0.517. The van der Waals surface area contributed by atoms with E-state index in [0.717, 1.165) is 0 Å². The predicted octanol–water partition coefficient (Wildman–Crippen LogP) is 2.18. The molecule has 0 spiro atoms. The average Bonchev–Trinajstić information content (AvgIpc) is 2.35. The molecule has 7 heteroatoms. The van der Waals surface area contributed by atoms with Crippen molar-refractivity contribution in [1.29, 1.82) is 5.26 Å². The highest BCUT2D eigenvalue weighted by Crippen LogP contribution is 2.17. The number of thioether (sulfide) groups is 1.